The van der Waals surface area contributed by atoms with Crippen LogP contribution in [0.5, 0.6) is 5.75 Å². The Bertz CT molecular complexity index is 1510. The second-order valence-electron chi connectivity index (χ2n) is 9.43. The Labute approximate surface area is 238 Å². The maximum atomic E-state index is 13.0. The number of hydrogen-bond acceptors (Lipinski definition) is 8. The van der Waals surface area contributed by atoms with E-state index in [9.17, 15) is 27.9 Å². The highest BCUT2D eigenvalue weighted by Gasteiger charge is 2.20. The van der Waals surface area contributed by atoms with Gasteiger partial charge in [-0.05, 0) is 47.9 Å². The summed E-state index contributed by atoms with van der Waals surface area (Å²) in [6, 6.07) is 14.4. The summed E-state index contributed by atoms with van der Waals surface area (Å²) in [7, 11) is -0.341. The van der Waals surface area contributed by atoms with Crippen LogP contribution in [0.1, 0.15) is 29.2 Å². The zero-order valence-electron chi connectivity index (χ0n) is 23.2. The lowest BCUT2D eigenvalue weighted by atomic mass is 10.1. The molecule has 0 aliphatic heterocycles. The van der Waals surface area contributed by atoms with Crippen molar-refractivity contribution in [1.82, 2.24) is 10.3 Å². The van der Waals surface area contributed by atoms with Gasteiger partial charge in [0.05, 0.1) is 31.5 Å². The molecule has 1 aromatic heterocycles. The number of aryl methyl sites for hydroxylation is 1. The van der Waals surface area contributed by atoms with Gasteiger partial charge in [-0.15, -0.1) is 0 Å². The van der Waals surface area contributed by atoms with E-state index in [4.69, 9.17) is 4.74 Å². The number of carbonyl (C=O) groups is 3. The van der Waals surface area contributed by atoms with Crippen LogP contribution in [-0.4, -0.2) is 62.7 Å². The first-order valence-electron chi connectivity index (χ1n) is 12.5. The van der Waals surface area contributed by atoms with E-state index in [2.05, 4.69) is 20.9 Å². The number of aromatic nitrogens is 1. The van der Waals surface area contributed by atoms with Crippen molar-refractivity contribution in [2.45, 2.75) is 25.8 Å². The summed E-state index contributed by atoms with van der Waals surface area (Å²) >= 11 is 0. The van der Waals surface area contributed by atoms with Crippen molar-refractivity contribution in [3.05, 3.63) is 77.5 Å². The number of rotatable bonds is 12. The van der Waals surface area contributed by atoms with E-state index < -0.39 is 27.9 Å². The number of anilines is 3. The van der Waals surface area contributed by atoms with Crippen LogP contribution in [0, 0.1) is 6.92 Å². The number of hydrogen-bond donors (Lipinski definition) is 4. The van der Waals surface area contributed by atoms with Crippen molar-refractivity contribution in [2.24, 2.45) is 0 Å². The highest BCUT2D eigenvalue weighted by atomic mass is 32.2. The molecule has 3 rings (SSSR count). The number of sulfone groups is 1. The van der Waals surface area contributed by atoms with Crippen LogP contribution < -0.4 is 25.6 Å². The summed E-state index contributed by atoms with van der Waals surface area (Å²) in [4.78, 5) is 42.4. The van der Waals surface area contributed by atoms with Crippen molar-refractivity contribution < 1.29 is 32.6 Å². The molecule has 0 radical (unpaired) electrons. The van der Waals surface area contributed by atoms with Crippen LogP contribution in [-0.2, 0) is 25.8 Å². The number of benzene rings is 2. The monoisotopic (exact) mass is 583 g/mol. The van der Waals surface area contributed by atoms with E-state index in [-0.39, 0.29) is 24.6 Å². The Balaban J connectivity index is 1.66. The molecule has 4 N–H and O–H groups in total. The lowest BCUT2D eigenvalue weighted by Crippen LogP contribution is -2.30. The molecule has 0 saturated carbocycles. The summed E-state index contributed by atoms with van der Waals surface area (Å²) in [6.07, 6.45) is 2.13. The highest BCUT2D eigenvalue weighted by molar-refractivity contribution is 7.90. The minimum atomic E-state index is -3.36. The quantitative estimate of drug-likeness (QED) is 0.250. The van der Waals surface area contributed by atoms with E-state index in [0.29, 0.717) is 34.1 Å². The number of amides is 3. The summed E-state index contributed by atoms with van der Waals surface area (Å²) in [5.74, 6) is -1.06. The van der Waals surface area contributed by atoms with Crippen molar-refractivity contribution >= 4 is 44.9 Å². The fourth-order valence-electron chi connectivity index (χ4n) is 3.90. The lowest BCUT2D eigenvalue weighted by molar-refractivity contribution is -0.137. The number of ether oxygens (including phenoxy) is 1. The molecule has 0 aliphatic carbocycles. The largest absolute Gasteiger partial charge is 0.495 e. The fraction of sp³-hybridized carbons (Fsp3) is 0.286. The number of carboxylic acid groups (broad SMARTS) is 1. The predicted octanol–water partition coefficient (Wildman–Crippen LogP) is 3.36. The van der Waals surface area contributed by atoms with Crippen molar-refractivity contribution in [1.29, 1.82) is 0 Å². The van der Waals surface area contributed by atoms with Crippen LogP contribution >= 0.6 is 0 Å². The topological polar surface area (TPSA) is 167 Å². The second kappa shape index (κ2) is 13.7. The molecule has 2 aromatic carbocycles. The fourth-order valence-corrected chi connectivity index (χ4v) is 4.40. The number of carbonyl (C=O) groups excluding carboxylic acids is 2. The van der Waals surface area contributed by atoms with Crippen molar-refractivity contribution in [3.63, 3.8) is 0 Å². The highest BCUT2D eigenvalue weighted by Crippen LogP contribution is 2.27. The molecule has 3 amide bonds. The number of para-hydroxylation sites is 1. The third-order valence-electron chi connectivity index (χ3n) is 6.12. The van der Waals surface area contributed by atoms with Gasteiger partial charge >= 0.3 is 12.0 Å². The summed E-state index contributed by atoms with van der Waals surface area (Å²) < 4.78 is 28.4. The second-order valence-corrected chi connectivity index (χ2v) is 11.6. The number of likely N-dealkylation sites (N-methyl/N-ethyl adjacent to an activating group) is 1. The molecule has 1 atom stereocenters. The first kappa shape index (κ1) is 31.0. The van der Waals surface area contributed by atoms with Crippen LogP contribution in [0.4, 0.5) is 22.0 Å². The maximum Gasteiger partial charge on any atom is 0.323 e. The Kier molecular flexibility index (Phi) is 10.4. The molecule has 1 heterocycles. The summed E-state index contributed by atoms with van der Waals surface area (Å²) in [5.41, 5.74) is 3.14. The SMILES string of the molecule is COc1cc(CC(=O)N(C)c2ccc(C(CC(=O)O)NCS(C)(=O)=O)cn2)ccc1NC(=O)Nc1ccccc1C. The van der Waals surface area contributed by atoms with Crippen molar-refractivity contribution in [2.75, 3.05) is 41.8 Å². The van der Waals surface area contributed by atoms with E-state index in [1.165, 1.54) is 18.2 Å². The summed E-state index contributed by atoms with van der Waals surface area (Å²) in [5, 5.41) is 17.5. The number of aliphatic carboxylic acids is 1. The Hall–Kier alpha value is -4.49. The number of pyridine rings is 1. The number of nitrogens with one attached hydrogen (secondary N) is 3. The smallest absolute Gasteiger partial charge is 0.323 e. The molecule has 0 aliphatic rings. The van der Waals surface area contributed by atoms with Crippen LogP contribution in [0.2, 0.25) is 0 Å². The number of carboxylic acids is 1. The number of nitrogens with zero attached hydrogens (tertiary/aromatic N) is 2. The molecule has 3 aromatic rings. The van der Waals surface area contributed by atoms with E-state index in [1.54, 1.807) is 43.4 Å². The molecule has 218 valence electrons. The minimum absolute atomic E-state index is 0.0174. The van der Waals surface area contributed by atoms with E-state index in [1.807, 2.05) is 25.1 Å². The Morgan fingerprint density at radius 3 is 2.37 bits per heavy atom. The molecule has 1 unspecified atom stereocenters. The van der Waals surface area contributed by atoms with Crippen LogP contribution in [0.15, 0.2) is 60.8 Å². The number of methoxy groups -OCH3 is 1. The third kappa shape index (κ3) is 9.29. The first-order valence-corrected chi connectivity index (χ1v) is 14.6. The molecule has 0 saturated heterocycles. The molecule has 0 bridgehead atoms. The zero-order valence-corrected chi connectivity index (χ0v) is 24.0. The predicted molar refractivity (Wildman–Crippen MR) is 156 cm³/mol. The molecule has 41 heavy (non-hydrogen) atoms. The third-order valence-corrected chi connectivity index (χ3v) is 6.82. The standard InChI is InChI=1S/C28H33N5O7S/c1-18-7-5-6-8-21(18)31-28(37)32-22-11-9-19(13-24(22)40-3)14-26(34)33(2)25-12-10-20(16-29-25)23(15-27(35)36)30-17-41(4,38)39/h5-13,16,23,30H,14-15,17H2,1-4H3,(H,35,36)(H2,31,32,37). The lowest BCUT2D eigenvalue weighted by Gasteiger charge is -2.20. The van der Waals surface area contributed by atoms with Gasteiger partial charge < -0.3 is 20.5 Å². The van der Waals surface area contributed by atoms with Gasteiger partial charge in [0, 0.05) is 31.2 Å². The Morgan fingerprint density at radius 1 is 1.05 bits per heavy atom. The molecule has 0 spiro atoms. The molecular formula is C28H33N5O7S. The van der Waals surface area contributed by atoms with Gasteiger partial charge in [0.1, 0.15) is 11.6 Å². The average molecular weight is 584 g/mol. The molecule has 12 nitrogen and oxygen atoms in total. The maximum absolute atomic E-state index is 13.0. The van der Waals surface area contributed by atoms with Gasteiger partial charge in [0.15, 0.2) is 9.84 Å². The summed E-state index contributed by atoms with van der Waals surface area (Å²) in [6.45, 7) is 1.89. The molecule has 0 fully saturated rings. The van der Waals surface area contributed by atoms with Gasteiger partial charge in [0.25, 0.3) is 0 Å². The van der Waals surface area contributed by atoms with Gasteiger partial charge in [-0.1, -0.05) is 30.3 Å². The average Bonchev–Trinajstić information content (AvgIpc) is 2.92. The van der Waals surface area contributed by atoms with Gasteiger partial charge in [-0.25, -0.2) is 18.2 Å². The first-order chi connectivity index (χ1) is 19.4. The van der Waals surface area contributed by atoms with E-state index in [0.717, 1.165) is 11.8 Å². The Morgan fingerprint density at radius 2 is 1.76 bits per heavy atom. The van der Waals surface area contributed by atoms with Gasteiger partial charge in [-0.3, -0.25) is 19.8 Å². The minimum Gasteiger partial charge on any atom is -0.495 e. The molecular weight excluding hydrogens is 550 g/mol. The van der Waals surface area contributed by atoms with Gasteiger partial charge in [-0.2, -0.15) is 0 Å². The zero-order chi connectivity index (χ0) is 30.2. The van der Waals surface area contributed by atoms with Crippen molar-refractivity contribution in [3.8, 4) is 5.75 Å². The van der Waals surface area contributed by atoms with E-state index >= 15 is 0 Å². The van der Waals surface area contributed by atoms with Crippen LogP contribution in [0.25, 0.3) is 0 Å². The normalized spacial score (nSPS) is 11.8. The molecule has 13 heteroatoms. The number of urea groups is 1. The van der Waals surface area contributed by atoms with Gasteiger partial charge in [0.2, 0.25) is 5.91 Å². The van der Waals surface area contributed by atoms with Crippen LogP contribution in [0.3, 0.4) is 0 Å².